The molecule has 15 heavy (non-hydrogen) atoms. The Morgan fingerprint density at radius 1 is 1.60 bits per heavy atom. The highest BCUT2D eigenvalue weighted by Gasteiger charge is 2.05. The fourth-order valence-electron chi connectivity index (χ4n) is 1.13. The van der Waals surface area contributed by atoms with E-state index in [0.29, 0.717) is 9.49 Å². The Morgan fingerprint density at radius 2 is 2.33 bits per heavy atom. The van der Waals surface area contributed by atoms with Gasteiger partial charge in [0.15, 0.2) is 0 Å². The van der Waals surface area contributed by atoms with Crippen molar-refractivity contribution in [1.82, 2.24) is 0 Å². The standard InChI is InChI=1S/C11H14INO2/c1-8(12)7-13-10-5-3-4-9(6-10)11(14)15-2/h3-6,8,13H,7H2,1-2H3. The van der Waals surface area contributed by atoms with E-state index in [4.69, 9.17) is 0 Å². The Hall–Kier alpha value is -0.780. The maximum Gasteiger partial charge on any atom is 0.337 e. The van der Waals surface area contributed by atoms with Gasteiger partial charge in [0.05, 0.1) is 12.7 Å². The molecule has 0 aliphatic heterocycles. The fourth-order valence-corrected chi connectivity index (χ4v) is 1.35. The molecule has 0 amide bonds. The first-order valence-electron chi connectivity index (χ1n) is 4.70. The summed E-state index contributed by atoms with van der Waals surface area (Å²) in [5.41, 5.74) is 1.52. The zero-order valence-electron chi connectivity index (χ0n) is 8.79. The zero-order chi connectivity index (χ0) is 11.3. The molecule has 0 aliphatic rings. The van der Waals surface area contributed by atoms with Crippen molar-refractivity contribution in [3.05, 3.63) is 29.8 Å². The van der Waals surface area contributed by atoms with E-state index in [9.17, 15) is 4.79 Å². The van der Waals surface area contributed by atoms with Crippen molar-refractivity contribution < 1.29 is 9.53 Å². The zero-order valence-corrected chi connectivity index (χ0v) is 10.9. The van der Waals surface area contributed by atoms with Gasteiger partial charge in [0.2, 0.25) is 0 Å². The van der Waals surface area contributed by atoms with Crippen molar-refractivity contribution in [3.63, 3.8) is 0 Å². The summed E-state index contributed by atoms with van der Waals surface area (Å²) in [7, 11) is 1.38. The van der Waals surface area contributed by atoms with Gasteiger partial charge in [-0.15, -0.1) is 0 Å². The summed E-state index contributed by atoms with van der Waals surface area (Å²) in [4.78, 5) is 11.3. The van der Waals surface area contributed by atoms with Crippen molar-refractivity contribution in [2.45, 2.75) is 10.8 Å². The molecule has 0 aromatic heterocycles. The maximum absolute atomic E-state index is 11.3. The molecule has 1 atom stereocenters. The minimum Gasteiger partial charge on any atom is -0.465 e. The molecule has 3 nitrogen and oxygen atoms in total. The summed E-state index contributed by atoms with van der Waals surface area (Å²) in [6, 6.07) is 7.31. The molecule has 0 aliphatic carbocycles. The second-order valence-electron chi connectivity index (χ2n) is 3.23. The number of methoxy groups -OCH3 is 1. The van der Waals surface area contributed by atoms with Gasteiger partial charge < -0.3 is 10.1 Å². The van der Waals surface area contributed by atoms with Crippen LogP contribution in [0.1, 0.15) is 17.3 Å². The lowest BCUT2D eigenvalue weighted by Gasteiger charge is -2.08. The topological polar surface area (TPSA) is 38.3 Å². The monoisotopic (exact) mass is 319 g/mol. The number of carbonyl (C=O) groups excluding carboxylic acids is 1. The number of hydrogen-bond donors (Lipinski definition) is 1. The second-order valence-corrected chi connectivity index (χ2v) is 5.36. The van der Waals surface area contributed by atoms with Crippen molar-refractivity contribution in [2.24, 2.45) is 0 Å². The third-order valence-corrected chi connectivity index (χ3v) is 2.31. The lowest BCUT2D eigenvalue weighted by Crippen LogP contribution is -2.10. The van der Waals surface area contributed by atoms with Gasteiger partial charge >= 0.3 is 5.97 Å². The van der Waals surface area contributed by atoms with E-state index < -0.39 is 0 Å². The molecule has 82 valence electrons. The van der Waals surface area contributed by atoms with E-state index in [-0.39, 0.29) is 5.97 Å². The molecule has 0 radical (unpaired) electrons. The van der Waals surface area contributed by atoms with Crippen LogP contribution in [-0.2, 0) is 4.74 Å². The Morgan fingerprint density at radius 3 is 2.93 bits per heavy atom. The first-order valence-corrected chi connectivity index (χ1v) is 5.94. The second kappa shape index (κ2) is 5.95. The Labute approximate surface area is 103 Å². The largest absolute Gasteiger partial charge is 0.465 e. The molecule has 1 unspecified atom stereocenters. The summed E-state index contributed by atoms with van der Waals surface area (Å²) < 4.78 is 5.19. The van der Waals surface area contributed by atoms with E-state index >= 15 is 0 Å². The number of nitrogens with one attached hydrogen (secondary N) is 1. The normalized spacial score (nSPS) is 11.9. The minimum absolute atomic E-state index is 0.304. The van der Waals surface area contributed by atoms with Gasteiger partial charge in [-0.1, -0.05) is 35.6 Å². The summed E-state index contributed by atoms with van der Waals surface area (Å²) in [5.74, 6) is -0.304. The highest BCUT2D eigenvalue weighted by Crippen LogP contribution is 2.12. The molecule has 0 saturated carbocycles. The molecule has 1 aromatic carbocycles. The summed E-state index contributed by atoms with van der Waals surface area (Å²) in [6.45, 7) is 3.00. The Kier molecular flexibility index (Phi) is 4.87. The average Bonchev–Trinajstić information content (AvgIpc) is 2.25. The smallest absolute Gasteiger partial charge is 0.337 e. The van der Waals surface area contributed by atoms with Crippen LogP contribution in [0.4, 0.5) is 5.69 Å². The average molecular weight is 319 g/mol. The van der Waals surface area contributed by atoms with E-state index in [1.807, 2.05) is 12.1 Å². The number of halogens is 1. The summed E-state index contributed by atoms with van der Waals surface area (Å²) in [6.07, 6.45) is 0. The molecule has 1 aromatic rings. The lowest BCUT2D eigenvalue weighted by atomic mass is 10.2. The molecule has 0 heterocycles. The van der Waals surface area contributed by atoms with Crippen molar-refractivity contribution in [1.29, 1.82) is 0 Å². The third-order valence-electron chi connectivity index (χ3n) is 1.87. The number of hydrogen-bond acceptors (Lipinski definition) is 3. The van der Waals surface area contributed by atoms with Gasteiger partial charge in [-0.2, -0.15) is 0 Å². The number of rotatable bonds is 4. The summed E-state index contributed by atoms with van der Waals surface area (Å²) in [5, 5.41) is 3.25. The Balaban J connectivity index is 2.70. The fraction of sp³-hybridized carbons (Fsp3) is 0.364. The van der Waals surface area contributed by atoms with E-state index in [1.165, 1.54) is 7.11 Å². The SMILES string of the molecule is COC(=O)c1cccc(NCC(C)I)c1. The maximum atomic E-state index is 11.3. The lowest BCUT2D eigenvalue weighted by molar-refractivity contribution is 0.0601. The van der Waals surface area contributed by atoms with Crippen LogP contribution in [0.3, 0.4) is 0 Å². The quantitative estimate of drug-likeness (QED) is 0.527. The van der Waals surface area contributed by atoms with Gasteiger partial charge in [0, 0.05) is 16.2 Å². The van der Waals surface area contributed by atoms with Crippen LogP contribution in [0.2, 0.25) is 0 Å². The van der Waals surface area contributed by atoms with Crippen LogP contribution in [-0.4, -0.2) is 23.5 Å². The van der Waals surface area contributed by atoms with Crippen molar-refractivity contribution in [2.75, 3.05) is 19.0 Å². The van der Waals surface area contributed by atoms with E-state index in [0.717, 1.165) is 12.2 Å². The van der Waals surface area contributed by atoms with Gasteiger partial charge in [0.25, 0.3) is 0 Å². The number of ether oxygens (including phenoxy) is 1. The number of anilines is 1. The first-order chi connectivity index (χ1) is 7.13. The number of alkyl halides is 1. The van der Waals surface area contributed by atoms with Gasteiger partial charge in [-0.05, 0) is 18.2 Å². The van der Waals surface area contributed by atoms with Crippen molar-refractivity contribution in [3.8, 4) is 0 Å². The first kappa shape index (κ1) is 12.3. The van der Waals surface area contributed by atoms with Crippen LogP contribution in [0, 0.1) is 0 Å². The third kappa shape index (κ3) is 4.07. The van der Waals surface area contributed by atoms with Gasteiger partial charge in [0.1, 0.15) is 0 Å². The molecule has 0 fully saturated rings. The predicted octanol–water partition coefficient (Wildman–Crippen LogP) is 2.71. The molecular formula is C11H14INO2. The molecule has 0 spiro atoms. The van der Waals surface area contributed by atoms with E-state index in [2.05, 4.69) is 39.6 Å². The molecule has 4 heteroatoms. The number of esters is 1. The molecule has 0 bridgehead atoms. The predicted molar refractivity (Wildman–Crippen MR) is 69.8 cm³/mol. The van der Waals surface area contributed by atoms with Crippen LogP contribution in [0.5, 0.6) is 0 Å². The van der Waals surface area contributed by atoms with Gasteiger partial charge in [-0.25, -0.2) is 4.79 Å². The van der Waals surface area contributed by atoms with Crippen molar-refractivity contribution >= 4 is 34.2 Å². The minimum atomic E-state index is -0.304. The van der Waals surface area contributed by atoms with Gasteiger partial charge in [-0.3, -0.25) is 0 Å². The molecular weight excluding hydrogens is 305 g/mol. The van der Waals surface area contributed by atoms with E-state index in [1.54, 1.807) is 12.1 Å². The molecule has 1 rings (SSSR count). The number of carbonyl (C=O) groups is 1. The van der Waals surface area contributed by atoms with Crippen LogP contribution >= 0.6 is 22.6 Å². The van der Waals surface area contributed by atoms with Crippen LogP contribution in [0.25, 0.3) is 0 Å². The van der Waals surface area contributed by atoms with Crippen LogP contribution in [0.15, 0.2) is 24.3 Å². The summed E-state index contributed by atoms with van der Waals surface area (Å²) >= 11 is 2.34. The Bertz CT molecular complexity index is 339. The highest BCUT2D eigenvalue weighted by atomic mass is 127. The number of benzene rings is 1. The van der Waals surface area contributed by atoms with Crippen LogP contribution < -0.4 is 5.32 Å². The highest BCUT2D eigenvalue weighted by molar-refractivity contribution is 14.1. The molecule has 1 N–H and O–H groups in total. The molecule has 0 saturated heterocycles.